The summed E-state index contributed by atoms with van der Waals surface area (Å²) in [6.07, 6.45) is 6.99. The van der Waals surface area contributed by atoms with Crippen LogP contribution < -0.4 is 20.7 Å². The summed E-state index contributed by atoms with van der Waals surface area (Å²) in [6.45, 7) is 6.93. The number of likely N-dealkylation sites (tertiary alicyclic amines) is 1. The molecule has 1 aromatic carbocycles. The maximum Gasteiger partial charge on any atom is 0.320 e. The number of rotatable bonds is 8. The number of anilines is 2. The minimum Gasteiger partial charge on any atom is -0.366 e. The first-order valence-electron chi connectivity index (χ1n) is 14.7. The highest BCUT2D eigenvalue weighted by Crippen LogP contribution is 2.37. The van der Waals surface area contributed by atoms with Crippen molar-refractivity contribution in [2.75, 3.05) is 50.2 Å². The molecule has 2 aliphatic heterocycles. The topological polar surface area (TPSA) is 147 Å². The number of aryl methyl sites for hydroxylation is 1. The van der Waals surface area contributed by atoms with Crippen molar-refractivity contribution in [1.29, 1.82) is 0 Å². The zero-order chi connectivity index (χ0) is 30.5. The molecule has 14 nitrogen and oxygen atoms in total. The van der Waals surface area contributed by atoms with Gasteiger partial charge >= 0.3 is 6.03 Å². The second-order valence-electron chi connectivity index (χ2n) is 12.1. The van der Waals surface area contributed by atoms with Gasteiger partial charge in [0.1, 0.15) is 5.52 Å². The molecule has 4 heterocycles. The Hall–Kier alpha value is -3.69. The Balaban J connectivity index is 1.44. The Morgan fingerprint density at radius 1 is 1.16 bits per heavy atom. The number of fused-ring (bicyclic) bond motifs is 1. The molecule has 0 bridgehead atoms. The maximum atomic E-state index is 14.1. The van der Waals surface area contributed by atoms with E-state index < -0.39 is 21.1 Å². The molecule has 2 saturated heterocycles. The second-order valence-corrected chi connectivity index (χ2v) is 13.8. The molecule has 0 spiro atoms. The highest BCUT2D eigenvalue weighted by molar-refractivity contribution is 7.89. The number of piperazine rings is 1. The third-order valence-electron chi connectivity index (χ3n) is 8.59. The van der Waals surface area contributed by atoms with Gasteiger partial charge in [0.15, 0.2) is 0 Å². The van der Waals surface area contributed by atoms with E-state index in [-0.39, 0.29) is 34.8 Å². The molecule has 2 N–H and O–H groups in total. The fraction of sp³-hybridized carbons (Fsp3) is 0.571. The molecule has 1 saturated carbocycles. The van der Waals surface area contributed by atoms with Crippen LogP contribution in [0, 0.1) is 0 Å². The van der Waals surface area contributed by atoms with Gasteiger partial charge < -0.3 is 14.7 Å². The number of hydrogen-bond donors (Lipinski definition) is 2. The summed E-state index contributed by atoms with van der Waals surface area (Å²) in [5, 5.41) is 4.37. The second kappa shape index (κ2) is 11.1. The Bertz CT molecular complexity index is 1710. The molecule has 2 amide bonds. The quantitative estimate of drug-likeness (QED) is 0.363. The van der Waals surface area contributed by atoms with E-state index in [2.05, 4.69) is 15.3 Å². The molecule has 0 radical (unpaired) electrons. The number of amides is 2. The number of benzene rings is 1. The van der Waals surface area contributed by atoms with Crippen LogP contribution in [0.3, 0.4) is 0 Å². The fourth-order valence-corrected chi connectivity index (χ4v) is 7.46. The van der Waals surface area contributed by atoms with E-state index in [0.29, 0.717) is 30.8 Å². The van der Waals surface area contributed by atoms with Crippen molar-refractivity contribution in [2.24, 2.45) is 7.05 Å². The first-order chi connectivity index (χ1) is 20.5. The van der Waals surface area contributed by atoms with Gasteiger partial charge in [-0.2, -0.15) is 5.10 Å². The van der Waals surface area contributed by atoms with Gasteiger partial charge in [0, 0.05) is 63.1 Å². The monoisotopic (exact) mass is 613 g/mol. The predicted octanol–water partition coefficient (Wildman–Crippen LogP) is 1.71. The van der Waals surface area contributed by atoms with Gasteiger partial charge in [0.2, 0.25) is 16.0 Å². The molecule has 0 unspecified atom stereocenters. The summed E-state index contributed by atoms with van der Waals surface area (Å²) < 4.78 is 33.1. The van der Waals surface area contributed by atoms with Crippen LogP contribution in [0.2, 0.25) is 0 Å². The standard InChI is InChI=1S/C28H39N9O5S/c1-19-16-35(11-12-36(19)27(39)34-9-5-6-10-34)23-14-21(43(40,41)32-28(2)7-8-28)13-22-24(23)30-26(31-42-4)37(25(22)38)18-20-15-29-33(3)17-20/h13-15,17,19,32H,5-12,16,18H2,1-4H3,(H,30,31)/t19-/m1/s1. The summed E-state index contributed by atoms with van der Waals surface area (Å²) in [6, 6.07) is 2.91. The van der Waals surface area contributed by atoms with Crippen molar-refractivity contribution < 1.29 is 18.0 Å². The summed E-state index contributed by atoms with van der Waals surface area (Å²) in [5.41, 5.74) is 3.46. The lowest BCUT2D eigenvalue weighted by Gasteiger charge is -2.42. The van der Waals surface area contributed by atoms with Crippen LogP contribution in [-0.4, -0.2) is 95.0 Å². The summed E-state index contributed by atoms with van der Waals surface area (Å²) in [7, 11) is -0.718. The number of carbonyl (C=O) groups excluding carboxylic acids is 1. The summed E-state index contributed by atoms with van der Waals surface area (Å²) in [5.74, 6) is 0.181. The van der Waals surface area contributed by atoms with Crippen LogP contribution in [-0.2, 0) is 28.5 Å². The molecule has 3 fully saturated rings. The third-order valence-corrected chi connectivity index (χ3v) is 10.2. The van der Waals surface area contributed by atoms with E-state index in [1.807, 2.05) is 28.5 Å². The lowest BCUT2D eigenvalue weighted by Crippen LogP contribution is -2.57. The van der Waals surface area contributed by atoms with E-state index >= 15 is 0 Å². The van der Waals surface area contributed by atoms with Crippen LogP contribution in [0.1, 0.15) is 45.1 Å². The zero-order valence-electron chi connectivity index (χ0n) is 25.0. The molecule has 15 heteroatoms. The van der Waals surface area contributed by atoms with Crippen LogP contribution in [0.15, 0.2) is 34.2 Å². The van der Waals surface area contributed by atoms with Crippen molar-refractivity contribution in [3.8, 4) is 0 Å². The minimum atomic E-state index is -3.94. The van der Waals surface area contributed by atoms with Gasteiger partial charge in [-0.3, -0.25) is 18.9 Å². The molecular weight excluding hydrogens is 574 g/mol. The average Bonchev–Trinajstić information content (AvgIpc) is 3.31. The van der Waals surface area contributed by atoms with Crippen LogP contribution >= 0.6 is 0 Å². The lowest BCUT2D eigenvalue weighted by atomic mass is 10.1. The summed E-state index contributed by atoms with van der Waals surface area (Å²) in [4.78, 5) is 43.1. The lowest BCUT2D eigenvalue weighted by molar-refractivity contribution is 0.139. The van der Waals surface area contributed by atoms with Gasteiger partial charge in [-0.15, -0.1) is 0 Å². The van der Waals surface area contributed by atoms with E-state index in [1.54, 1.807) is 30.2 Å². The van der Waals surface area contributed by atoms with Crippen LogP contribution in [0.4, 0.5) is 16.4 Å². The summed E-state index contributed by atoms with van der Waals surface area (Å²) >= 11 is 0. The molecule has 232 valence electrons. The molecular formula is C28H39N9O5S. The molecule has 6 rings (SSSR count). The maximum absolute atomic E-state index is 14.1. The molecule has 3 aliphatic rings. The van der Waals surface area contributed by atoms with Gasteiger partial charge in [0.25, 0.3) is 5.56 Å². The number of nitrogens with one attached hydrogen (secondary N) is 2. The van der Waals surface area contributed by atoms with E-state index in [1.165, 1.54) is 17.7 Å². The van der Waals surface area contributed by atoms with Crippen LogP contribution in [0.5, 0.6) is 0 Å². The van der Waals surface area contributed by atoms with Gasteiger partial charge in [-0.25, -0.2) is 28.4 Å². The molecule has 1 atom stereocenters. The molecule has 43 heavy (non-hydrogen) atoms. The first kappa shape index (κ1) is 29.4. The zero-order valence-corrected chi connectivity index (χ0v) is 25.9. The Morgan fingerprint density at radius 2 is 1.91 bits per heavy atom. The fourth-order valence-electron chi connectivity index (χ4n) is 5.95. The number of nitrogens with zero attached hydrogens (tertiary/aromatic N) is 7. The van der Waals surface area contributed by atoms with E-state index in [9.17, 15) is 18.0 Å². The van der Waals surface area contributed by atoms with Crippen molar-refractivity contribution in [3.05, 3.63) is 40.4 Å². The Morgan fingerprint density at radius 3 is 2.53 bits per heavy atom. The molecule has 3 aromatic rings. The largest absolute Gasteiger partial charge is 0.366 e. The highest BCUT2D eigenvalue weighted by Gasteiger charge is 2.42. The van der Waals surface area contributed by atoms with Crippen molar-refractivity contribution in [1.82, 2.24) is 33.9 Å². The number of urea groups is 1. The van der Waals surface area contributed by atoms with Crippen molar-refractivity contribution in [3.63, 3.8) is 0 Å². The number of aromatic nitrogens is 4. The van der Waals surface area contributed by atoms with Gasteiger partial charge in [-0.05, 0) is 51.7 Å². The Labute approximate surface area is 250 Å². The highest BCUT2D eigenvalue weighted by atomic mass is 32.2. The smallest absolute Gasteiger partial charge is 0.320 e. The van der Waals surface area contributed by atoms with E-state index in [4.69, 9.17) is 9.82 Å². The first-order valence-corrected chi connectivity index (χ1v) is 16.2. The molecule has 2 aromatic heterocycles. The van der Waals surface area contributed by atoms with Gasteiger partial charge in [0.05, 0.1) is 35.8 Å². The minimum absolute atomic E-state index is 0.00521. The van der Waals surface area contributed by atoms with Gasteiger partial charge in [-0.1, -0.05) is 0 Å². The SMILES string of the molecule is CONc1nc2c(N3CCN(C(=O)N4CCCC4)[C@H](C)C3)cc(S(=O)(=O)NC3(C)CC3)cc2c(=O)n1Cc1cnn(C)c1. The molecule has 1 aliphatic carbocycles. The normalized spacial score (nSPS) is 20.2. The van der Waals surface area contributed by atoms with Crippen molar-refractivity contribution in [2.45, 2.75) is 62.6 Å². The predicted molar refractivity (Wildman–Crippen MR) is 161 cm³/mol. The van der Waals surface area contributed by atoms with Crippen LogP contribution in [0.25, 0.3) is 10.9 Å². The Kier molecular flexibility index (Phi) is 7.59. The number of carbonyl (C=O) groups is 1. The number of hydrogen-bond acceptors (Lipinski definition) is 9. The third kappa shape index (κ3) is 5.80. The van der Waals surface area contributed by atoms with Crippen molar-refractivity contribution >= 4 is 38.6 Å². The average molecular weight is 614 g/mol. The number of sulfonamides is 1. The van der Waals surface area contributed by atoms with E-state index in [0.717, 1.165) is 44.3 Å².